The van der Waals surface area contributed by atoms with Crippen molar-refractivity contribution < 1.29 is 19.0 Å². The smallest absolute Gasteiger partial charge is 0.260 e. The lowest BCUT2D eigenvalue weighted by Gasteiger charge is -2.50. The molecule has 2 aliphatic heterocycles. The van der Waals surface area contributed by atoms with Gasteiger partial charge in [-0.15, -0.1) is 0 Å². The van der Waals surface area contributed by atoms with Crippen LogP contribution in [0.2, 0.25) is 0 Å². The van der Waals surface area contributed by atoms with Crippen LogP contribution in [0.5, 0.6) is 5.75 Å². The van der Waals surface area contributed by atoms with Gasteiger partial charge in [-0.2, -0.15) is 0 Å². The van der Waals surface area contributed by atoms with E-state index >= 15 is 0 Å². The van der Waals surface area contributed by atoms with E-state index in [1.165, 1.54) is 5.56 Å². The highest BCUT2D eigenvalue weighted by Crippen LogP contribution is 2.41. The molecule has 0 saturated carbocycles. The highest BCUT2D eigenvalue weighted by Gasteiger charge is 2.54. The zero-order valence-electron chi connectivity index (χ0n) is 14.6. The normalized spacial score (nSPS) is 21.8. The first-order valence-electron chi connectivity index (χ1n) is 8.82. The van der Waals surface area contributed by atoms with Crippen LogP contribution in [0.3, 0.4) is 0 Å². The van der Waals surface area contributed by atoms with Crippen LogP contribution in [0.4, 0.5) is 0 Å². The minimum absolute atomic E-state index is 0.0280. The zero-order chi connectivity index (χ0) is 17.0. The van der Waals surface area contributed by atoms with Gasteiger partial charge in [0.1, 0.15) is 11.4 Å². The van der Waals surface area contributed by atoms with Gasteiger partial charge >= 0.3 is 0 Å². The lowest BCUT2D eigenvalue weighted by molar-refractivity contribution is -0.167. The van der Waals surface area contributed by atoms with E-state index in [9.17, 15) is 4.79 Å². The molecule has 1 spiro atoms. The van der Waals surface area contributed by atoms with Crippen LogP contribution in [0, 0.1) is 12.8 Å². The molecule has 0 bridgehead atoms. The number of likely N-dealkylation sites (tertiary alicyclic amines) is 1. The summed E-state index contributed by atoms with van der Waals surface area (Å²) in [6.45, 7) is 7.80. The lowest BCUT2D eigenvalue weighted by Crippen LogP contribution is -2.66. The quantitative estimate of drug-likeness (QED) is 0.719. The van der Waals surface area contributed by atoms with Crippen molar-refractivity contribution in [2.24, 2.45) is 5.92 Å². The van der Waals surface area contributed by atoms with Gasteiger partial charge in [-0.3, -0.25) is 4.79 Å². The minimum Gasteiger partial charge on any atom is -0.484 e. The molecule has 5 heteroatoms. The Balaban J connectivity index is 1.44. The topological polar surface area (TPSA) is 48.0 Å². The molecule has 2 saturated heterocycles. The third-order valence-corrected chi connectivity index (χ3v) is 5.07. The number of aryl methyl sites for hydroxylation is 1. The van der Waals surface area contributed by atoms with Gasteiger partial charge in [0.2, 0.25) is 0 Å². The molecular weight excluding hydrogens is 306 g/mol. The Hall–Kier alpha value is -1.59. The highest BCUT2D eigenvalue weighted by atomic mass is 16.5. The Labute approximate surface area is 143 Å². The first kappa shape index (κ1) is 17.2. The average Bonchev–Trinajstić information content (AvgIpc) is 2.97. The van der Waals surface area contributed by atoms with E-state index < -0.39 is 0 Å². The van der Waals surface area contributed by atoms with Crippen molar-refractivity contribution in [3.63, 3.8) is 0 Å². The zero-order valence-corrected chi connectivity index (χ0v) is 14.6. The summed E-state index contributed by atoms with van der Waals surface area (Å²) in [4.78, 5) is 14.1. The van der Waals surface area contributed by atoms with Crippen molar-refractivity contribution in [3.05, 3.63) is 29.8 Å². The van der Waals surface area contributed by atoms with E-state index in [1.54, 1.807) is 0 Å². The fourth-order valence-electron chi connectivity index (χ4n) is 3.56. The molecule has 2 fully saturated rings. The third kappa shape index (κ3) is 3.73. The summed E-state index contributed by atoms with van der Waals surface area (Å²) in [5, 5.41) is 0. The van der Waals surface area contributed by atoms with Crippen molar-refractivity contribution >= 4 is 5.91 Å². The van der Waals surface area contributed by atoms with Gasteiger partial charge in [0.15, 0.2) is 6.61 Å². The summed E-state index contributed by atoms with van der Waals surface area (Å²) in [6.07, 6.45) is 2.07. The number of carbonyl (C=O) groups is 1. The van der Waals surface area contributed by atoms with E-state index in [0.717, 1.165) is 38.4 Å². The molecule has 0 N–H and O–H groups in total. The van der Waals surface area contributed by atoms with Crippen LogP contribution in [0.1, 0.15) is 25.3 Å². The number of rotatable bonds is 7. The molecule has 3 rings (SSSR count). The molecule has 1 unspecified atom stereocenters. The number of hydrogen-bond acceptors (Lipinski definition) is 4. The van der Waals surface area contributed by atoms with Gasteiger partial charge in [-0.25, -0.2) is 0 Å². The molecule has 132 valence electrons. The third-order valence-electron chi connectivity index (χ3n) is 5.07. The molecule has 2 aliphatic rings. The Morgan fingerprint density at radius 1 is 1.33 bits per heavy atom. The Morgan fingerprint density at radius 2 is 2.08 bits per heavy atom. The number of hydrogen-bond donors (Lipinski definition) is 0. The van der Waals surface area contributed by atoms with Gasteiger partial charge < -0.3 is 19.1 Å². The Kier molecular flexibility index (Phi) is 5.41. The summed E-state index contributed by atoms with van der Waals surface area (Å²) in [5.41, 5.74) is 1.03. The molecule has 24 heavy (non-hydrogen) atoms. The molecular formula is C19H27NO4. The van der Waals surface area contributed by atoms with E-state index in [4.69, 9.17) is 14.2 Å². The van der Waals surface area contributed by atoms with Crippen molar-refractivity contribution in [2.75, 3.05) is 39.5 Å². The number of nitrogens with zero attached hydrogens (tertiary/aromatic N) is 1. The SMILES string of the molecule is CCOCCC1CCOC12CN(C(=O)COc1ccc(C)cc1)C2. The molecule has 1 atom stereocenters. The number of carbonyl (C=O) groups excluding carboxylic acids is 1. The molecule has 5 nitrogen and oxygen atoms in total. The predicted molar refractivity (Wildman–Crippen MR) is 91.2 cm³/mol. The van der Waals surface area contributed by atoms with Crippen molar-refractivity contribution in [3.8, 4) is 5.75 Å². The van der Waals surface area contributed by atoms with E-state index in [2.05, 4.69) is 0 Å². The van der Waals surface area contributed by atoms with Crippen molar-refractivity contribution in [1.29, 1.82) is 0 Å². The van der Waals surface area contributed by atoms with Crippen LogP contribution in [-0.4, -0.2) is 55.9 Å². The fraction of sp³-hybridized carbons (Fsp3) is 0.632. The van der Waals surface area contributed by atoms with Gasteiger partial charge in [0.05, 0.1) is 13.1 Å². The second-order valence-corrected chi connectivity index (χ2v) is 6.74. The van der Waals surface area contributed by atoms with Crippen molar-refractivity contribution in [2.45, 2.75) is 32.3 Å². The van der Waals surface area contributed by atoms with Crippen molar-refractivity contribution in [1.82, 2.24) is 4.90 Å². The summed E-state index contributed by atoms with van der Waals surface area (Å²) in [5.74, 6) is 1.25. The van der Waals surface area contributed by atoms with E-state index in [-0.39, 0.29) is 18.1 Å². The first-order chi connectivity index (χ1) is 11.6. The van der Waals surface area contributed by atoms with Crippen LogP contribution < -0.4 is 4.74 Å². The molecule has 1 aromatic rings. The molecule has 1 aromatic carbocycles. The van der Waals surface area contributed by atoms with E-state index in [0.29, 0.717) is 19.0 Å². The monoisotopic (exact) mass is 333 g/mol. The Bertz CT molecular complexity index is 551. The largest absolute Gasteiger partial charge is 0.484 e. The standard InChI is InChI=1S/C19H27NO4/c1-3-22-10-8-16-9-11-24-19(16)13-20(14-19)18(21)12-23-17-6-4-15(2)5-7-17/h4-7,16H,3,8-14H2,1-2H3. The number of benzene rings is 1. The number of amides is 1. The molecule has 0 aromatic heterocycles. The summed E-state index contributed by atoms with van der Waals surface area (Å²) < 4.78 is 17.0. The van der Waals surface area contributed by atoms with Gasteiger partial charge in [-0.1, -0.05) is 17.7 Å². The fourth-order valence-corrected chi connectivity index (χ4v) is 3.56. The second kappa shape index (κ2) is 7.53. The summed E-state index contributed by atoms with van der Waals surface area (Å²) in [6, 6.07) is 7.75. The van der Waals surface area contributed by atoms with Crippen LogP contribution in [-0.2, 0) is 14.3 Å². The second-order valence-electron chi connectivity index (χ2n) is 6.74. The lowest BCUT2D eigenvalue weighted by atomic mass is 9.79. The predicted octanol–water partition coefficient (Wildman–Crippen LogP) is 2.42. The van der Waals surface area contributed by atoms with E-state index in [1.807, 2.05) is 43.0 Å². The summed E-state index contributed by atoms with van der Waals surface area (Å²) in [7, 11) is 0. The van der Waals surface area contributed by atoms with Crippen LogP contribution in [0.15, 0.2) is 24.3 Å². The maximum Gasteiger partial charge on any atom is 0.260 e. The average molecular weight is 333 g/mol. The number of ether oxygens (including phenoxy) is 3. The Morgan fingerprint density at radius 3 is 2.79 bits per heavy atom. The minimum atomic E-state index is -0.142. The van der Waals surface area contributed by atoms with Gasteiger partial charge in [0, 0.05) is 19.8 Å². The van der Waals surface area contributed by atoms with Gasteiger partial charge in [0.25, 0.3) is 5.91 Å². The summed E-state index contributed by atoms with van der Waals surface area (Å²) >= 11 is 0. The maximum atomic E-state index is 12.3. The highest BCUT2D eigenvalue weighted by molar-refractivity contribution is 5.79. The molecule has 1 amide bonds. The molecule has 0 radical (unpaired) electrons. The molecule has 0 aliphatic carbocycles. The molecule has 2 heterocycles. The first-order valence-corrected chi connectivity index (χ1v) is 8.82. The van der Waals surface area contributed by atoms with Gasteiger partial charge in [-0.05, 0) is 44.7 Å². The van der Waals surface area contributed by atoms with Crippen LogP contribution >= 0.6 is 0 Å². The maximum absolute atomic E-state index is 12.3. The van der Waals surface area contributed by atoms with Crippen LogP contribution in [0.25, 0.3) is 0 Å².